The Morgan fingerprint density at radius 3 is 2.72 bits per heavy atom. The maximum Gasteiger partial charge on any atom is 0.241 e. The molecule has 0 aliphatic carbocycles. The van der Waals surface area contributed by atoms with Gasteiger partial charge in [-0.25, -0.2) is 0 Å². The fourth-order valence-corrected chi connectivity index (χ4v) is 2.00. The number of nitrogens with one attached hydrogen (secondary N) is 1. The van der Waals surface area contributed by atoms with Gasteiger partial charge in [0.05, 0.1) is 6.04 Å². The SMILES string of the molecule is CCC[C@H](N)C(=O)Nc1cccc2ccccc12. The lowest BCUT2D eigenvalue weighted by Crippen LogP contribution is -2.35. The van der Waals surface area contributed by atoms with Gasteiger partial charge in [0.25, 0.3) is 0 Å². The summed E-state index contributed by atoms with van der Waals surface area (Å²) in [6.07, 6.45) is 1.61. The number of amides is 1. The first-order chi connectivity index (χ1) is 8.72. The fourth-order valence-electron chi connectivity index (χ4n) is 2.00. The van der Waals surface area contributed by atoms with Gasteiger partial charge in [-0.15, -0.1) is 0 Å². The van der Waals surface area contributed by atoms with Crippen LogP contribution in [0, 0.1) is 0 Å². The van der Waals surface area contributed by atoms with Gasteiger partial charge < -0.3 is 11.1 Å². The van der Waals surface area contributed by atoms with Gasteiger partial charge in [0, 0.05) is 11.1 Å². The number of carbonyl (C=O) groups excluding carboxylic acids is 1. The summed E-state index contributed by atoms with van der Waals surface area (Å²) in [6.45, 7) is 2.02. The molecule has 1 amide bonds. The van der Waals surface area contributed by atoms with Crippen molar-refractivity contribution in [2.75, 3.05) is 5.32 Å². The minimum Gasteiger partial charge on any atom is -0.324 e. The van der Waals surface area contributed by atoms with Crippen molar-refractivity contribution in [3.8, 4) is 0 Å². The summed E-state index contributed by atoms with van der Waals surface area (Å²) in [5.41, 5.74) is 6.63. The zero-order chi connectivity index (χ0) is 13.0. The molecule has 0 unspecified atom stereocenters. The molecule has 0 aliphatic rings. The third kappa shape index (κ3) is 2.68. The van der Waals surface area contributed by atoms with Crippen LogP contribution < -0.4 is 11.1 Å². The maximum atomic E-state index is 11.9. The molecule has 0 aliphatic heterocycles. The minimum atomic E-state index is -0.436. The molecule has 0 heterocycles. The lowest BCUT2D eigenvalue weighted by molar-refractivity contribution is -0.117. The number of nitrogens with two attached hydrogens (primary N) is 1. The van der Waals surface area contributed by atoms with E-state index in [-0.39, 0.29) is 5.91 Å². The molecule has 2 rings (SSSR count). The number of hydrogen-bond donors (Lipinski definition) is 2. The molecule has 2 aromatic rings. The summed E-state index contributed by atoms with van der Waals surface area (Å²) in [4.78, 5) is 11.9. The number of rotatable bonds is 4. The Bertz CT molecular complexity index is 546. The van der Waals surface area contributed by atoms with Gasteiger partial charge in [0.1, 0.15) is 0 Å². The van der Waals surface area contributed by atoms with E-state index in [1.807, 2.05) is 49.4 Å². The molecule has 1 atom stereocenters. The second-order valence-corrected chi connectivity index (χ2v) is 4.41. The van der Waals surface area contributed by atoms with Crippen LogP contribution in [-0.4, -0.2) is 11.9 Å². The van der Waals surface area contributed by atoms with Crippen molar-refractivity contribution < 1.29 is 4.79 Å². The van der Waals surface area contributed by atoms with Gasteiger partial charge in [-0.05, 0) is 17.9 Å². The second kappa shape index (κ2) is 5.65. The summed E-state index contributed by atoms with van der Waals surface area (Å²) >= 11 is 0. The van der Waals surface area contributed by atoms with Gasteiger partial charge in [-0.2, -0.15) is 0 Å². The molecule has 3 nitrogen and oxygen atoms in total. The average molecular weight is 242 g/mol. The zero-order valence-electron chi connectivity index (χ0n) is 10.5. The molecule has 0 aromatic heterocycles. The zero-order valence-corrected chi connectivity index (χ0v) is 10.5. The van der Waals surface area contributed by atoms with Crippen LogP contribution in [0.5, 0.6) is 0 Å². The summed E-state index contributed by atoms with van der Waals surface area (Å²) in [5.74, 6) is -0.117. The van der Waals surface area contributed by atoms with E-state index in [1.165, 1.54) is 0 Å². The first kappa shape index (κ1) is 12.6. The molecule has 3 N–H and O–H groups in total. The highest BCUT2D eigenvalue weighted by molar-refractivity contribution is 6.03. The van der Waals surface area contributed by atoms with Crippen LogP contribution in [0.25, 0.3) is 10.8 Å². The quantitative estimate of drug-likeness (QED) is 0.866. The first-order valence-corrected chi connectivity index (χ1v) is 6.26. The lowest BCUT2D eigenvalue weighted by atomic mass is 10.1. The highest BCUT2D eigenvalue weighted by atomic mass is 16.2. The minimum absolute atomic E-state index is 0.117. The number of carbonyl (C=O) groups is 1. The largest absolute Gasteiger partial charge is 0.324 e. The van der Waals surface area contributed by atoms with Gasteiger partial charge in [0.2, 0.25) is 5.91 Å². The molecule has 18 heavy (non-hydrogen) atoms. The Kier molecular flexibility index (Phi) is 3.95. The predicted octanol–water partition coefficient (Wildman–Crippen LogP) is 2.91. The normalized spacial score (nSPS) is 12.3. The third-order valence-electron chi connectivity index (χ3n) is 2.98. The molecule has 0 bridgehead atoms. The van der Waals surface area contributed by atoms with E-state index >= 15 is 0 Å². The van der Waals surface area contributed by atoms with E-state index in [0.29, 0.717) is 6.42 Å². The Morgan fingerprint density at radius 1 is 1.22 bits per heavy atom. The van der Waals surface area contributed by atoms with Crippen molar-refractivity contribution >= 4 is 22.4 Å². The first-order valence-electron chi connectivity index (χ1n) is 6.26. The smallest absolute Gasteiger partial charge is 0.241 e. The van der Waals surface area contributed by atoms with E-state index in [9.17, 15) is 4.79 Å². The highest BCUT2D eigenvalue weighted by Gasteiger charge is 2.13. The molecule has 3 heteroatoms. The van der Waals surface area contributed by atoms with Crippen molar-refractivity contribution in [2.24, 2.45) is 5.73 Å². The molecule has 0 spiro atoms. The molecule has 0 radical (unpaired) electrons. The van der Waals surface area contributed by atoms with Crippen LogP contribution in [0.4, 0.5) is 5.69 Å². The summed E-state index contributed by atoms with van der Waals surface area (Å²) in [5, 5.41) is 5.06. The van der Waals surface area contributed by atoms with Crippen molar-refractivity contribution in [3.63, 3.8) is 0 Å². The van der Waals surface area contributed by atoms with Gasteiger partial charge >= 0.3 is 0 Å². The van der Waals surface area contributed by atoms with E-state index in [2.05, 4.69) is 5.32 Å². The third-order valence-corrected chi connectivity index (χ3v) is 2.98. The lowest BCUT2D eigenvalue weighted by Gasteiger charge is -2.12. The molecular formula is C15H18N2O. The Morgan fingerprint density at radius 2 is 1.94 bits per heavy atom. The van der Waals surface area contributed by atoms with Gasteiger partial charge in [0.15, 0.2) is 0 Å². The maximum absolute atomic E-state index is 11.9. The van der Waals surface area contributed by atoms with Crippen LogP contribution in [0.2, 0.25) is 0 Å². The van der Waals surface area contributed by atoms with Crippen LogP contribution in [-0.2, 0) is 4.79 Å². The van der Waals surface area contributed by atoms with Crippen molar-refractivity contribution in [2.45, 2.75) is 25.8 Å². The molecule has 2 aromatic carbocycles. The standard InChI is InChI=1S/C15H18N2O/c1-2-6-13(16)15(18)17-14-10-5-8-11-7-3-4-9-12(11)14/h3-5,7-10,13H,2,6,16H2,1H3,(H,17,18)/t13-/m0/s1. The van der Waals surface area contributed by atoms with E-state index in [4.69, 9.17) is 5.73 Å². The number of hydrogen-bond acceptors (Lipinski definition) is 2. The number of benzene rings is 2. The Balaban J connectivity index is 2.24. The number of fused-ring (bicyclic) bond motifs is 1. The second-order valence-electron chi connectivity index (χ2n) is 4.41. The van der Waals surface area contributed by atoms with Crippen molar-refractivity contribution in [3.05, 3.63) is 42.5 Å². The molecular weight excluding hydrogens is 224 g/mol. The van der Waals surface area contributed by atoms with Crippen LogP contribution in [0.15, 0.2) is 42.5 Å². The summed E-state index contributed by atoms with van der Waals surface area (Å²) < 4.78 is 0. The number of anilines is 1. The predicted molar refractivity (Wildman–Crippen MR) is 75.5 cm³/mol. The molecule has 0 fully saturated rings. The van der Waals surface area contributed by atoms with E-state index in [1.54, 1.807) is 0 Å². The van der Waals surface area contributed by atoms with Crippen molar-refractivity contribution in [1.82, 2.24) is 0 Å². The van der Waals surface area contributed by atoms with Crippen LogP contribution >= 0.6 is 0 Å². The Labute approximate surface area is 107 Å². The fraction of sp³-hybridized carbons (Fsp3) is 0.267. The molecule has 0 saturated heterocycles. The Hall–Kier alpha value is -1.87. The van der Waals surface area contributed by atoms with Gasteiger partial charge in [-0.3, -0.25) is 4.79 Å². The summed E-state index contributed by atoms with van der Waals surface area (Å²) in [7, 11) is 0. The van der Waals surface area contributed by atoms with Gasteiger partial charge in [-0.1, -0.05) is 49.7 Å². The monoisotopic (exact) mass is 242 g/mol. The molecule has 0 saturated carbocycles. The van der Waals surface area contributed by atoms with E-state index in [0.717, 1.165) is 22.9 Å². The van der Waals surface area contributed by atoms with E-state index < -0.39 is 6.04 Å². The topological polar surface area (TPSA) is 55.1 Å². The van der Waals surface area contributed by atoms with Crippen molar-refractivity contribution in [1.29, 1.82) is 0 Å². The average Bonchev–Trinajstić information content (AvgIpc) is 2.39. The van der Waals surface area contributed by atoms with Crippen LogP contribution in [0.1, 0.15) is 19.8 Å². The highest BCUT2D eigenvalue weighted by Crippen LogP contribution is 2.23. The molecule has 94 valence electrons. The summed E-state index contributed by atoms with van der Waals surface area (Å²) in [6, 6.07) is 13.4. The van der Waals surface area contributed by atoms with Crippen LogP contribution in [0.3, 0.4) is 0 Å².